The van der Waals surface area contributed by atoms with Crippen molar-refractivity contribution in [3.8, 4) is 0 Å². The zero-order chi connectivity index (χ0) is 15.8. The van der Waals surface area contributed by atoms with E-state index in [9.17, 15) is 18.0 Å². The number of hydrogen-bond donors (Lipinski definition) is 1. The number of carbonyl (C=O) groups is 1. The molecule has 1 heterocycles. The van der Waals surface area contributed by atoms with Crippen molar-refractivity contribution in [2.45, 2.75) is 26.1 Å². The molecule has 0 radical (unpaired) electrons. The number of carboxylic acid groups (broad SMARTS) is 1. The Morgan fingerprint density at radius 1 is 1.38 bits per heavy atom. The summed E-state index contributed by atoms with van der Waals surface area (Å²) in [6.07, 6.45) is -4.36. The molecule has 1 aromatic carbocycles. The number of alkyl halides is 3. The van der Waals surface area contributed by atoms with Crippen LogP contribution in [-0.2, 0) is 11.0 Å². The van der Waals surface area contributed by atoms with E-state index in [0.29, 0.717) is 18.7 Å². The third-order valence-corrected chi connectivity index (χ3v) is 4.20. The van der Waals surface area contributed by atoms with E-state index in [0.717, 1.165) is 12.1 Å². The summed E-state index contributed by atoms with van der Waals surface area (Å²) < 4.78 is 38.2. The Labute approximate surface area is 121 Å². The van der Waals surface area contributed by atoms with E-state index in [-0.39, 0.29) is 12.0 Å². The lowest BCUT2D eigenvalue weighted by Gasteiger charge is -2.25. The first-order chi connectivity index (χ1) is 9.70. The quantitative estimate of drug-likeness (QED) is 0.930. The highest BCUT2D eigenvalue weighted by atomic mass is 19.4. The summed E-state index contributed by atoms with van der Waals surface area (Å²) in [6, 6.07) is 4.99. The van der Waals surface area contributed by atoms with Crippen LogP contribution in [0.1, 0.15) is 31.0 Å². The van der Waals surface area contributed by atoms with Gasteiger partial charge in [0.05, 0.1) is 11.5 Å². The lowest BCUT2D eigenvalue weighted by molar-refractivity contribution is -0.142. The molecule has 116 valence electrons. The van der Waals surface area contributed by atoms with Crippen LogP contribution in [0.5, 0.6) is 0 Å². The van der Waals surface area contributed by atoms with Gasteiger partial charge >= 0.3 is 12.1 Å². The number of likely N-dealkylation sites (tertiary alicyclic amines) is 1. The van der Waals surface area contributed by atoms with E-state index < -0.39 is 23.6 Å². The van der Waals surface area contributed by atoms with E-state index in [1.54, 1.807) is 6.07 Å². The number of hydrogen-bond acceptors (Lipinski definition) is 2. The van der Waals surface area contributed by atoms with Gasteiger partial charge in [-0.1, -0.05) is 19.1 Å². The van der Waals surface area contributed by atoms with Crippen LogP contribution in [-0.4, -0.2) is 29.1 Å². The summed E-state index contributed by atoms with van der Waals surface area (Å²) in [5.41, 5.74) is -0.114. The van der Waals surface area contributed by atoms with Crippen molar-refractivity contribution in [1.29, 1.82) is 0 Å². The third kappa shape index (κ3) is 3.37. The summed E-state index contributed by atoms with van der Waals surface area (Å²) in [5.74, 6) is -1.31. The molecule has 0 bridgehead atoms. The molecule has 0 spiro atoms. The van der Waals surface area contributed by atoms with E-state index in [1.165, 1.54) is 6.07 Å². The molecule has 21 heavy (non-hydrogen) atoms. The molecule has 3 unspecified atom stereocenters. The van der Waals surface area contributed by atoms with Crippen molar-refractivity contribution in [1.82, 2.24) is 4.90 Å². The lowest BCUT2D eigenvalue weighted by Crippen LogP contribution is -2.26. The molecular weight excluding hydrogens is 283 g/mol. The molecule has 0 amide bonds. The topological polar surface area (TPSA) is 40.5 Å². The van der Waals surface area contributed by atoms with Crippen LogP contribution >= 0.6 is 0 Å². The molecule has 0 saturated carbocycles. The number of rotatable bonds is 3. The fourth-order valence-corrected chi connectivity index (χ4v) is 2.83. The molecule has 1 aromatic rings. The zero-order valence-corrected chi connectivity index (χ0v) is 11.9. The summed E-state index contributed by atoms with van der Waals surface area (Å²) >= 11 is 0. The summed E-state index contributed by atoms with van der Waals surface area (Å²) in [7, 11) is 0. The summed E-state index contributed by atoms with van der Waals surface area (Å²) in [5, 5.41) is 9.13. The highest BCUT2D eigenvalue weighted by Gasteiger charge is 2.37. The normalized spacial score (nSPS) is 25.0. The van der Waals surface area contributed by atoms with Crippen LogP contribution in [0.15, 0.2) is 24.3 Å². The Balaban J connectivity index is 2.18. The molecule has 1 saturated heterocycles. The Morgan fingerprint density at radius 2 is 2.05 bits per heavy atom. The number of nitrogens with zero attached hydrogens (tertiary/aromatic N) is 1. The molecule has 6 heteroatoms. The first-order valence-corrected chi connectivity index (χ1v) is 6.84. The molecule has 1 aliphatic rings. The van der Waals surface area contributed by atoms with Gasteiger partial charge in [0.25, 0.3) is 0 Å². The monoisotopic (exact) mass is 301 g/mol. The van der Waals surface area contributed by atoms with Crippen LogP contribution in [0, 0.1) is 11.8 Å². The van der Waals surface area contributed by atoms with E-state index in [2.05, 4.69) is 0 Å². The standard InChI is InChI=1S/C15H18F3NO2/c1-9-7-19(8-13(9)14(20)21)10(2)11-4-3-5-12(6-11)15(16,17)18/h3-6,9-10,13H,7-8H2,1-2H3,(H,20,21). The van der Waals surface area contributed by atoms with Gasteiger partial charge < -0.3 is 5.11 Å². The highest BCUT2D eigenvalue weighted by Crippen LogP contribution is 2.34. The Hall–Kier alpha value is -1.56. The maximum absolute atomic E-state index is 12.7. The van der Waals surface area contributed by atoms with Gasteiger partial charge in [-0.25, -0.2) is 0 Å². The van der Waals surface area contributed by atoms with Crippen LogP contribution in [0.2, 0.25) is 0 Å². The second kappa shape index (κ2) is 5.67. The Morgan fingerprint density at radius 3 is 2.57 bits per heavy atom. The maximum atomic E-state index is 12.7. The van der Waals surface area contributed by atoms with Gasteiger partial charge in [0.15, 0.2) is 0 Å². The van der Waals surface area contributed by atoms with E-state index >= 15 is 0 Å². The molecular formula is C15H18F3NO2. The number of carboxylic acids is 1. The molecule has 1 aliphatic heterocycles. The van der Waals surface area contributed by atoms with Gasteiger partial charge in [-0.2, -0.15) is 13.2 Å². The molecule has 3 atom stereocenters. The molecule has 0 aliphatic carbocycles. The van der Waals surface area contributed by atoms with Gasteiger partial charge in [0.1, 0.15) is 0 Å². The predicted molar refractivity (Wildman–Crippen MR) is 71.7 cm³/mol. The summed E-state index contributed by atoms with van der Waals surface area (Å²) in [6.45, 7) is 4.62. The van der Waals surface area contributed by atoms with Crippen molar-refractivity contribution in [3.05, 3.63) is 35.4 Å². The maximum Gasteiger partial charge on any atom is 0.416 e. The molecule has 1 fully saturated rings. The minimum Gasteiger partial charge on any atom is -0.481 e. The highest BCUT2D eigenvalue weighted by molar-refractivity contribution is 5.71. The van der Waals surface area contributed by atoms with Crippen LogP contribution < -0.4 is 0 Å². The second-order valence-corrected chi connectivity index (χ2v) is 5.68. The minimum absolute atomic E-state index is 0.00394. The van der Waals surface area contributed by atoms with Crippen LogP contribution in [0.25, 0.3) is 0 Å². The minimum atomic E-state index is -4.36. The van der Waals surface area contributed by atoms with Gasteiger partial charge in [-0.15, -0.1) is 0 Å². The Bertz CT molecular complexity index is 530. The SMILES string of the molecule is CC1CN(C(C)c2cccc(C(F)(F)F)c2)CC1C(=O)O. The fourth-order valence-electron chi connectivity index (χ4n) is 2.83. The van der Waals surface area contributed by atoms with Gasteiger partial charge in [-0.05, 0) is 30.5 Å². The second-order valence-electron chi connectivity index (χ2n) is 5.68. The number of benzene rings is 1. The van der Waals surface area contributed by atoms with Crippen molar-refractivity contribution in [3.63, 3.8) is 0 Å². The van der Waals surface area contributed by atoms with E-state index in [1.807, 2.05) is 18.7 Å². The van der Waals surface area contributed by atoms with Crippen LogP contribution in [0.4, 0.5) is 13.2 Å². The molecule has 1 N–H and O–H groups in total. The van der Waals surface area contributed by atoms with Gasteiger partial charge in [0.2, 0.25) is 0 Å². The average Bonchev–Trinajstić information content (AvgIpc) is 2.79. The largest absolute Gasteiger partial charge is 0.481 e. The summed E-state index contributed by atoms with van der Waals surface area (Å²) in [4.78, 5) is 13.1. The molecule has 3 nitrogen and oxygen atoms in total. The van der Waals surface area contributed by atoms with Crippen molar-refractivity contribution >= 4 is 5.97 Å². The smallest absolute Gasteiger partial charge is 0.416 e. The third-order valence-electron chi connectivity index (χ3n) is 4.20. The fraction of sp³-hybridized carbons (Fsp3) is 0.533. The first-order valence-electron chi connectivity index (χ1n) is 6.84. The van der Waals surface area contributed by atoms with Gasteiger partial charge in [0, 0.05) is 19.1 Å². The Kier molecular flexibility index (Phi) is 4.27. The average molecular weight is 301 g/mol. The van der Waals surface area contributed by atoms with Crippen molar-refractivity contribution in [2.24, 2.45) is 11.8 Å². The molecule has 2 rings (SSSR count). The number of halogens is 3. The first kappa shape index (κ1) is 15.8. The van der Waals surface area contributed by atoms with Crippen LogP contribution in [0.3, 0.4) is 0 Å². The van der Waals surface area contributed by atoms with E-state index in [4.69, 9.17) is 5.11 Å². The molecule has 0 aromatic heterocycles. The van der Waals surface area contributed by atoms with Gasteiger partial charge in [-0.3, -0.25) is 9.69 Å². The lowest BCUT2D eigenvalue weighted by atomic mass is 9.99. The zero-order valence-electron chi connectivity index (χ0n) is 11.9. The predicted octanol–water partition coefficient (Wildman–Crippen LogP) is 3.42. The number of aliphatic carboxylic acids is 1. The van der Waals surface area contributed by atoms with Crippen molar-refractivity contribution < 1.29 is 23.1 Å². The van der Waals surface area contributed by atoms with Crippen molar-refractivity contribution in [2.75, 3.05) is 13.1 Å².